The molecule has 1 unspecified atom stereocenters. The standard InChI is InChI=1S/C12H22N4O/c1-2-4-11(9-13)12(17)15-5-3-7-16-8-6-14-10-16/h6,8,10-11H,2-5,7,9,13H2,1H3,(H,15,17). The number of hydrogen-bond donors (Lipinski definition) is 2. The van der Waals surface area contributed by atoms with E-state index in [4.69, 9.17) is 5.73 Å². The summed E-state index contributed by atoms with van der Waals surface area (Å²) in [6.45, 7) is 4.06. The van der Waals surface area contributed by atoms with Crippen LogP contribution in [0.15, 0.2) is 18.7 Å². The lowest BCUT2D eigenvalue weighted by Gasteiger charge is -2.13. The Kier molecular flexibility index (Phi) is 6.32. The molecule has 0 aliphatic heterocycles. The first kappa shape index (κ1) is 13.7. The molecule has 1 aromatic rings. The zero-order chi connectivity index (χ0) is 12.5. The number of nitrogens with one attached hydrogen (secondary N) is 1. The van der Waals surface area contributed by atoms with Gasteiger partial charge >= 0.3 is 0 Å². The second kappa shape index (κ2) is 7.84. The molecule has 3 N–H and O–H groups in total. The van der Waals surface area contributed by atoms with E-state index in [9.17, 15) is 4.79 Å². The molecule has 0 radical (unpaired) electrons. The third-order valence-corrected chi connectivity index (χ3v) is 2.74. The van der Waals surface area contributed by atoms with Crippen LogP contribution in [0.3, 0.4) is 0 Å². The predicted octanol–water partition coefficient (Wildman–Crippen LogP) is 0.764. The summed E-state index contributed by atoms with van der Waals surface area (Å²) in [5.41, 5.74) is 5.57. The van der Waals surface area contributed by atoms with Crippen LogP contribution < -0.4 is 11.1 Å². The molecule has 0 aliphatic carbocycles. The summed E-state index contributed by atoms with van der Waals surface area (Å²) < 4.78 is 2.00. The van der Waals surface area contributed by atoms with Crippen LogP contribution in [0, 0.1) is 5.92 Å². The van der Waals surface area contributed by atoms with Gasteiger partial charge in [-0.25, -0.2) is 4.98 Å². The fourth-order valence-corrected chi connectivity index (χ4v) is 1.74. The molecular formula is C12H22N4O. The molecule has 0 saturated heterocycles. The van der Waals surface area contributed by atoms with Crippen molar-refractivity contribution in [1.82, 2.24) is 14.9 Å². The van der Waals surface area contributed by atoms with E-state index in [0.29, 0.717) is 13.1 Å². The van der Waals surface area contributed by atoms with Gasteiger partial charge in [0.2, 0.25) is 5.91 Å². The van der Waals surface area contributed by atoms with Gasteiger partial charge in [0.05, 0.1) is 12.2 Å². The Bertz CT molecular complexity index is 310. The number of rotatable bonds is 8. The fraction of sp³-hybridized carbons (Fsp3) is 0.667. The lowest BCUT2D eigenvalue weighted by molar-refractivity contribution is -0.124. The van der Waals surface area contributed by atoms with Gasteiger partial charge in [0.1, 0.15) is 0 Å². The first-order valence-electron chi connectivity index (χ1n) is 6.21. The molecule has 0 bridgehead atoms. The zero-order valence-corrected chi connectivity index (χ0v) is 10.4. The first-order chi connectivity index (χ1) is 8.27. The van der Waals surface area contributed by atoms with Crippen LogP contribution in [0.1, 0.15) is 26.2 Å². The van der Waals surface area contributed by atoms with Crippen molar-refractivity contribution < 1.29 is 4.79 Å². The van der Waals surface area contributed by atoms with Gasteiger partial charge in [-0.05, 0) is 12.8 Å². The number of amides is 1. The normalized spacial score (nSPS) is 12.4. The molecule has 1 aromatic heterocycles. The first-order valence-corrected chi connectivity index (χ1v) is 6.21. The molecule has 1 rings (SSSR count). The van der Waals surface area contributed by atoms with E-state index in [0.717, 1.165) is 25.8 Å². The Morgan fingerprint density at radius 2 is 2.41 bits per heavy atom. The van der Waals surface area contributed by atoms with E-state index in [1.165, 1.54) is 0 Å². The van der Waals surface area contributed by atoms with Crippen molar-refractivity contribution in [3.63, 3.8) is 0 Å². The maximum atomic E-state index is 11.7. The quantitative estimate of drug-likeness (QED) is 0.657. The number of aromatic nitrogens is 2. The Morgan fingerprint density at radius 3 is 3.00 bits per heavy atom. The number of nitrogens with two attached hydrogens (primary N) is 1. The molecule has 5 nitrogen and oxygen atoms in total. The van der Waals surface area contributed by atoms with E-state index in [1.54, 1.807) is 12.5 Å². The van der Waals surface area contributed by atoms with Crippen LogP contribution in [-0.2, 0) is 11.3 Å². The molecule has 0 aromatic carbocycles. The van der Waals surface area contributed by atoms with E-state index >= 15 is 0 Å². The predicted molar refractivity (Wildman–Crippen MR) is 67.3 cm³/mol. The lowest BCUT2D eigenvalue weighted by Crippen LogP contribution is -2.35. The molecule has 17 heavy (non-hydrogen) atoms. The van der Waals surface area contributed by atoms with E-state index in [1.807, 2.05) is 10.8 Å². The number of hydrogen-bond acceptors (Lipinski definition) is 3. The third kappa shape index (κ3) is 4.99. The van der Waals surface area contributed by atoms with Crippen molar-refractivity contribution >= 4 is 5.91 Å². The molecular weight excluding hydrogens is 216 g/mol. The maximum Gasteiger partial charge on any atom is 0.224 e. The number of nitrogens with zero attached hydrogens (tertiary/aromatic N) is 2. The molecule has 0 saturated carbocycles. The third-order valence-electron chi connectivity index (χ3n) is 2.74. The van der Waals surface area contributed by atoms with E-state index in [2.05, 4.69) is 17.2 Å². The SMILES string of the molecule is CCCC(CN)C(=O)NCCCn1ccnc1. The minimum atomic E-state index is -0.0340. The van der Waals surface area contributed by atoms with Crippen LogP contribution in [0.2, 0.25) is 0 Å². The molecule has 5 heteroatoms. The topological polar surface area (TPSA) is 72.9 Å². The van der Waals surface area contributed by atoms with E-state index < -0.39 is 0 Å². The highest BCUT2D eigenvalue weighted by atomic mass is 16.1. The Labute approximate surface area is 102 Å². The number of carbonyl (C=O) groups excluding carboxylic acids is 1. The minimum Gasteiger partial charge on any atom is -0.356 e. The average Bonchev–Trinajstić information content (AvgIpc) is 2.84. The smallest absolute Gasteiger partial charge is 0.224 e. The van der Waals surface area contributed by atoms with Gasteiger partial charge in [-0.2, -0.15) is 0 Å². The monoisotopic (exact) mass is 238 g/mol. The maximum absolute atomic E-state index is 11.7. The van der Waals surface area contributed by atoms with Crippen molar-refractivity contribution in [2.24, 2.45) is 11.7 Å². The summed E-state index contributed by atoms with van der Waals surface area (Å²) in [5.74, 6) is 0.0493. The second-order valence-corrected chi connectivity index (χ2v) is 4.17. The van der Waals surface area contributed by atoms with Gasteiger partial charge in [0.15, 0.2) is 0 Å². The highest BCUT2D eigenvalue weighted by molar-refractivity contribution is 5.78. The van der Waals surface area contributed by atoms with Gasteiger partial charge in [-0.3, -0.25) is 4.79 Å². The lowest BCUT2D eigenvalue weighted by atomic mass is 10.0. The molecule has 1 amide bonds. The summed E-state index contributed by atoms with van der Waals surface area (Å²) in [5, 5.41) is 2.93. The second-order valence-electron chi connectivity index (χ2n) is 4.17. The molecule has 0 aliphatic rings. The summed E-state index contributed by atoms with van der Waals surface area (Å²) in [4.78, 5) is 15.7. The molecule has 96 valence electrons. The Hall–Kier alpha value is -1.36. The molecule has 0 spiro atoms. The summed E-state index contributed by atoms with van der Waals surface area (Å²) in [7, 11) is 0. The van der Waals surface area contributed by atoms with Crippen LogP contribution in [0.4, 0.5) is 0 Å². The largest absolute Gasteiger partial charge is 0.356 e. The average molecular weight is 238 g/mol. The molecule has 1 heterocycles. The summed E-state index contributed by atoms with van der Waals surface area (Å²) in [6.07, 6.45) is 8.22. The van der Waals surface area contributed by atoms with Gasteiger partial charge in [-0.1, -0.05) is 13.3 Å². The van der Waals surface area contributed by atoms with Crippen molar-refractivity contribution in [2.75, 3.05) is 13.1 Å². The van der Waals surface area contributed by atoms with Gasteiger partial charge in [0.25, 0.3) is 0 Å². The van der Waals surface area contributed by atoms with Crippen LogP contribution in [-0.4, -0.2) is 28.5 Å². The van der Waals surface area contributed by atoms with Crippen molar-refractivity contribution in [1.29, 1.82) is 0 Å². The van der Waals surface area contributed by atoms with Crippen LogP contribution in [0.25, 0.3) is 0 Å². The molecule has 1 atom stereocenters. The van der Waals surface area contributed by atoms with Crippen molar-refractivity contribution in [2.45, 2.75) is 32.7 Å². The number of carbonyl (C=O) groups is 1. The van der Waals surface area contributed by atoms with Crippen molar-refractivity contribution in [3.8, 4) is 0 Å². The van der Waals surface area contributed by atoms with Crippen molar-refractivity contribution in [3.05, 3.63) is 18.7 Å². The van der Waals surface area contributed by atoms with Crippen LogP contribution >= 0.6 is 0 Å². The minimum absolute atomic E-state index is 0.0340. The van der Waals surface area contributed by atoms with Gasteiger partial charge < -0.3 is 15.6 Å². The molecule has 0 fully saturated rings. The van der Waals surface area contributed by atoms with Gasteiger partial charge in [0, 0.05) is 32.0 Å². The van der Waals surface area contributed by atoms with Gasteiger partial charge in [-0.15, -0.1) is 0 Å². The highest BCUT2D eigenvalue weighted by Crippen LogP contribution is 2.04. The van der Waals surface area contributed by atoms with Crippen LogP contribution in [0.5, 0.6) is 0 Å². The number of imidazole rings is 1. The summed E-state index contributed by atoms with van der Waals surface area (Å²) >= 11 is 0. The highest BCUT2D eigenvalue weighted by Gasteiger charge is 2.14. The fourth-order valence-electron chi connectivity index (χ4n) is 1.74. The number of aryl methyl sites for hydroxylation is 1. The Morgan fingerprint density at radius 1 is 1.59 bits per heavy atom. The zero-order valence-electron chi connectivity index (χ0n) is 10.4. The summed E-state index contributed by atoms with van der Waals surface area (Å²) in [6, 6.07) is 0. The van der Waals surface area contributed by atoms with E-state index in [-0.39, 0.29) is 11.8 Å². The Balaban J connectivity index is 2.14.